The molecule has 19 heavy (non-hydrogen) atoms. The first-order valence-electron chi connectivity index (χ1n) is 5.26. The fourth-order valence-electron chi connectivity index (χ4n) is 1.71. The van der Waals surface area contributed by atoms with Crippen molar-refractivity contribution in [2.45, 2.75) is 6.04 Å². The van der Waals surface area contributed by atoms with Gasteiger partial charge in [0, 0.05) is 10.0 Å². The van der Waals surface area contributed by atoms with Gasteiger partial charge >= 0.3 is 0 Å². The number of benzene rings is 2. The predicted octanol–water partition coefficient (Wildman–Crippen LogP) is 5.08. The van der Waals surface area contributed by atoms with Crippen LogP contribution in [0.3, 0.4) is 0 Å². The van der Waals surface area contributed by atoms with E-state index < -0.39 is 17.7 Å². The number of nitrogens with two attached hydrogens (primary N) is 1. The molecule has 0 heterocycles. The highest BCUT2D eigenvalue weighted by Crippen LogP contribution is 2.34. The summed E-state index contributed by atoms with van der Waals surface area (Å²) in [5, 5.41) is -0.186. The molecular weight excluding hydrogens is 359 g/mol. The first kappa shape index (κ1) is 14.7. The summed E-state index contributed by atoms with van der Waals surface area (Å²) in [6, 6.07) is 6.39. The molecule has 100 valence electrons. The van der Waals surface area contributed by atoms with Gasteiger partial charge in [0.2, 0.25) is 0 Å². The highest BCUT2D eigenvalue weighted by atomic mass is 79.9. The minimum atomic E-state index is -0.895. The summed E-state index contributed by atoms with van der Waals surface area (Å²) >= 11 is 14.8. The first-order valence-corrected chi connectivity index (χ1v) is 6.81. The lowest BCUT2D eigenvalue weighted by atomic mass is 9.99. The Balaban J connectivity index is 2.53. The first-order chi connectivity index (χ1) is 8.93. The van der Waals surface area contributed by atoms with Crippen molar-refractivity contribution in [3.05, 3.63) is 67.6 Å². The van der Waals surface area contributed by atoms with Crippen LogP contribution in [0.25, 0.3) is 0 Å². The van der Waals surface area contributed by atoms with Crippen LogP contribution in [-0.4, -0.2) is 0 Å². The molecular formula is C13H8BrCl2F2N. The smallest absolute Gasteiger partial charge is 0.148 e. The van der Waals surface area contributed by atoms with Crippen LogP contribution in [0.4, 0.5) is 8.78 Å². The molecule has 0 saturated heterocycles. The molecule has 0 aliphatic heterocycles. The van der Waals surface area contributed by atoms with Gasteiger partial charge in [0.1, 0.15) is 11.6 Å². The van der Waals surface area contributed by atoms with Crippen molar-refractivity contribution in [2.24, 2.45) is 5.73 Å². The Bertz CT molecular complexity index is 634. The van der Waals surface area contributed by atoms with Crippen molar-refractivity contribution in [1.29, 1.82) is 0 Å². The monoisotopic (exact) mass is 365 g/mol. The van der Waals surface area contributed by atoms with E-state index >= 15 is 0 Å². The fourth-order valence-corrected chi connectivity index (χ4v) is 2.43. The number of hydrogen-bond donors (Lipinski definition) is 1. The second kappa shape index (κ2) is 5.75. The lowest BCUT2D eigenvalue weighted by molar-refractivity contribution is 0.595. The summed E-state index contributed by atoms with van der Waals surface area (Å²) in [6.45, 7) is 0. The van der Waals surface area contributed by atoms with E-state index in [0.29, 0.717) is 10.0 Å². The maximum Gasteiger partial charge on any atom is 0.148 e. The Hall–Kier alpha value is -0.680. The van der Waals surface area contributed by atoms with Gasteiger partial charge in [-0.3, -0.25) is 0 Å². The van der Waals surface area contributed by atoms with Crippen molar-refractivity contribution >= 4 is 39.1 Å². The molecule has 1 unspecified atom stereocenters. The Kier molecular flexibility index (Phi) is 4.46. The third-order valence-corrected chi connectivity index (χ3v) is 4.37. The van der Waals surface area contributed by atoms with Crippen molar-refractivity contribution in [1.82, 2.24) is 0 Å². The number of hydrogen-bond acceptors (Lipinski definition) is 1. The molecule has 1 atom stereocenters. The maximum absolute atomic E-state index is 14.1. The van der Waals surface area contributed by atoms with Gasteiger partial charge in [-0.05, 0) is 33.6 Å². The van der Waals surface area contributed by atoms with Crippen LogP contribution < -0.4 is 5.73 Å². The van der Waals surface area contributed by atoms with E-state index in [2.05, 4.69) is 15.9 Å². The van der Waals surface area contributed by atoms with Crippen LogP contribution in [0.2, 0.25) is 10.0 Å². The summed E-state index contributed by atoms with van der Waals surface area (Å²) in [6.07, 6.45) is 0. The number of rotatable bonds is 2. The lowest BCUT2D eigenvalue weighted by Crippen LogP contribution is -2.15. The van der Waals surface area contributed by atoms with Crippen LogP contribution >= 0.6 is 39.1 Å². The number of halogens is 5. The van der Waals surface area contributed by atoms with Gasteiger partial charge in [-0.2, -0.15) is 0 Å². The summed E-state index contributed by atoms with van der Waals surface area (Å²) in [4.78, 5) is 0. The second-order valence-corrected chi connectivity index (χ2v) is 5.50. The minimum absolute atomic E-state index is 0.0690. The Morgan fingerprint density at radius 1 is 1.00 bits per heavy atom. The van der Waals surface area contributed by atoms with Crippen molar-refractivity contribution in [2.75, 3.05) is 0 Å². The molecule has 1 nitrogen and oxygen atoms in total. The van der Waals surface area contributed by atoms with Crippen molar-refractivity contribution < 1.29 is 8.78 Å². The molecule has 2 N–H and O–H groups in total. The van der Waals surface area contributed by atoms with E-state index in [4.69, 9.17) is 28.9 Å². The van der Waals surface area contributed by atoms with E-state index in [1.165, 1.54) is 18.2 Å². The van der Waals surface area contributed by atoms with Crippen LogP contribution in [0, 0.1) is 11.6 Å². The largest absolute Gasteiger partial charge is 0.320 e. The van der Waals surface area contributed by atoms with Gasteiger partial charge in [0.15, 0.2) is 0 Å². The standard InChI is InChI=1S/C13H8BrCl2F2N/c14-8-5-4-7(12(18)11(8)16)13(19)6-2-1-3-9(17)10(6)15/h1-5,13H,19H2. The van der Waals surface area contributed by atoms with Crippen LogP contribution in [0.1, 0.15) is 17.2 Å². The molecule has 0 aromatic heterocycles. The lowest BCUT2D eigenvalue weighted by Gasteiger charge is -2.16. The molecule has 2 aromatic rings. The zero-order valence-corrected chi connectivity index (χ0v) is 12.5. The van der Waals surface area contributed by atoms with Gasteiger partial charge in [-0.1, -0.05) is 41.4 Å². The van der Waals surface area contributed by atoms with Crippen molar-refractivity contribution in [3.8, 4) is 0 Å². The van der Waals surface area contributed by atoms with Crippen LogP contribution in [0.15, 0.2) is 34.8 Å². The SMILES string of the molecule is NC(c1ccc(Br)c(Cl)c1F)c1cccc(F)c1Cl. The van der Waals surface area contributed by atoms with E-state index in [1.807, 2.05) is 0 Å². The molecule has 0 saturated carbocycles. The Morgan fingerprint density at radius 2 is 1.68 bits per heavy atom. The topological polar surface area (TPSA) is 26.0 Å². The van der Waals surface area contributed by atoms with E-state index in [9.17, 15) is 8.78 Å². The van der Waals surface area contributed by atoms with Gasteiger partial charge in [-0.25, -0.2) is 8.78 Å². The zero-order chi connectivity index (χ0) is 14.2. The van der Waals surface area contributed by atoms with E-state index in [-0.39, 0.29) is 15.6 Å². The average Bonchev–Trinajstić information content (AvgIpc) is 2.39. The third-order valence-electron chi connectivity index (χ3n) is 2.72. The Morgan fingerprint density at radius 3 is 2.37 bits per heavy atom. The molecule has 0 aliphatic carbocycles. The third kappa shape index (κ3) is 2.77. The molecule has 0 spiro atoms. The maximum atomic E-state index is 14.1. The predicted molar refractivity (Wildman–Crippen MR) is 76.6 cm³/mol. The van der Waals surface area contributed by atoms with Gasteiger partial charge in [0.05, 0.1) is 16.1 Å². The second-order valence-electron chi connectivity index (χ2n) is 3.89. The molecule has 0 aliphatic rings. The van der Waals surface area contributed by atoms with Crippen molar-refractivity contribution in [3.63, 3.8) is 0 Å². The fraction of sp³-hybridized carbons (Fsp3) is 0.0769. The van der Waals surface area contributed by atoms with E-state index in [1.54, 1.807) is 12.1 Å². The molecule has 2 rings (SSSR count). The molecule has 0 fully saturated rings. The molecule has 2 aromatic carbocycles. The highest BCUT2D eigenvalue weighted by Gasteiger charge is 2.20. The summed E-state index contributed by atoms with van der Waals surface area (Å²) in [5.74, 6) is -1.25. The molecule has 0 amide bonds. The zero-order valence-electron chi connectivity index (χ0n) is 9.43. The minimum Gasteiger partial charge on any atom is -0.320 e. The molecule has 6 heteroatoms. The van der Waals surface area contributed by atoms with E-state index in [0.717, 1.165) is 0 Å². The van der Waals surface area contributed by atoms with Crippen LogP contribution in [-0.2, 0) is 0 Å². The summed E-state index contributed by atoms with van der Waals surface area (Å²) in [5.41, 5.74) is 6.40. The van der Waals surface area contributed by atoms with Crippen LogP contribution in [0.5, 0.6) is 0 Å². The molecule has 0 radical (unpaired) electrons. The average molecular weight is 367 g/mol. The van der Waals surface area contributed by atoms with Gasteiger partial charge in [0.25, 0.3) is 0 Å². The Labute approximate surface area is 127 Å². The summed E-state index contributed by atoms with van der Waals surface area (Å²) < 4.78 is 27.9. The normalized spacial score (nSPS) is 12.5. The highest BCUT2D eigenvalue weighted by molar-refractivity contribution is 9.10. The van der Waals surface area contributed by atoms with Gasteiger partial charge in [-0.15, -0.1) is 0 Å². The summed E-state index contributed by atoms with van der Waals surface area (Å²) in [7, 11) is 0. The molecule has 0 bridgehead atoms. The quantitative estimate of drug-likeness (QED) is 0.736. The van der Waals surface area contributed by atoms with Gasteiger partial charge < -0.3 is 5.73 Å².